The van der Waals surface area contributed by atoms with E-state index in [2.05, 4.69) is 25.8 Å². The van der Waals surface area contributed by atoms with Gasteiger partial charge in [-0.3, -0.25) is 9.59 Å². The third-order valence-corrected chi connectivity index (χ3v) is 5.50. The smallest absolute Gasteiger partial charge is 0.273 e. The van der Waals surface area contributed by atoms with Crippen molar-refractivity contribution in [3.63, 3.8) is 0 Å². The molecule has 13 heteroatoms. The Morgan fingerprint density at radius 2 is 2.03 bits per heavy atom. The fraction of sp³-hybridized carbons (Fsp3) is 0.450. The molecule has 0 saturated heterocycles. The molecule has 2 aromatic rings. The van der Waals surface area contributed by atoms with E-state index >= 15 is 0 Å². The topological polar surface area (TPSA) is 172 Å². The van der Waals surface area contributed by atoms with Gasteiger partial charge in [0.2, 0.25) is 5.91 Å². The third kappa shape index (κ3) is 6.58. The molecule has 0 aliphatic heterocycles. The summed E-state index contributed by atoms with van der Waals surface area (Å²) in [6.07, 6.45) is 3.60. The van der Waals surface area contributed by atoms with Gasteiger partial charge in [0, 0.05) is 35.4 Å². The van der Waals surface area contributed by atoms with Crippen molar-refractivity contribution in [3.8, 4) is 5.75 Å². The predicted octanol–water partition coefficient (Wildman–Crippen LogP) is 0.876. The van der Waals surface area contributed by atoms with Crippen LogP contribution in [0, 0.1) is 5.92 Å². The first kappa shape index (κ1) is 20.3. The lowest BCUT2D eigenvalue weighted by atomic mass is 10.2. The Hall–Kier alpha value is -3.32. The normalized spacial score (nSPS) is 15.6. The number of aliphatic hydroxyl groups is 1. The summed E-state index contributed by atoms with van der Waals surface area (Å²) in [6.45, 7) is 0.0539. The molecule has 2 amide bonds. The van der Waals surface area contributed by atoms with E-state index in [0.717, 1.165) is 19.1 Å². The van der Waals surface area contributed by atoms with Crippen LogP contribution in [-0.2, 0) is 14.6 Å². The second kappa shape index (κ2) is 9.27. The molecule has 2 heterocycles. The summed E-state index contributed by atoms with van der Waals surface area (Å²) in [5, 5.41) is 24.4. The minimum absolute atomic E-state index is 0.0362. The number of hydrogen-bond donors (Lipinski definition) is 4. The van der Waals surface area contributed by atoms with Gasteiger partial charge in [0.05, 0.1) is 17.5 Å². The quantitative estimate of drug-likeness (QED) is 0.403. The van der Waals surface area contributed by atoms with Crippen LogP contribution >= 0.6 is 0 Å². The van der Waals surface area contributed by atoms with E-state index in [9.17, 15) is 23.1 Å². The van der Waals surface area contributed by atoms with Crippen molar-refractivity contribution in [2.24, 2.45) is 5.92 Å². The Kier molecular flexibility index (Phi) is 5.70. The summed E-state index contributed by atoms with van der Waals surface area (Å²) in [6, 6.07) is 2.40. The average molecular weight is 482 g/mol. The van der Waals surface area contributed by atoms with Crippen LogP contribution in [0.25, 0.3) is 0 Å². The number of aromatic nitrogens is 3. The first-order valence-corrected chi connectivity index (χ1v) is 11.7. The molecular formula is C20H26N6O6S. The number of carbonyl (C=O) groups excluding carboxylic acids is 2. The lowest BCUT2D eigenvalue weighted by molar-refractivity contribution is -0.117. The molecule has 1 fully saturated rings. The number of nitrogens with zero attached hydrogens (tertiary/aromatic N) is 3. The van der Waals surface area contributed by atoms with E-state index in [1.165, 1.54) is 32.2 Å². The van der Waals surface area contributed by atoms with Crippen molar-refractivity contribution >= 4 is 39.0 Å². The number of pyridine rings is 1. The fourth-order valence-corrected chi connectivity index (χ4v) is 3.40. The molecular weight excluding hydrogens is 452 g/mol. The predicted molar refractivity (Wildman–Crippen MR) is 119 cm³/mol. The maximum absolute atomic E-state index is 12.6. The average Bonchev–Trinajstić information content (AvgIpc) is 3.56. The molecule has 12 nitrogen and oxygen atoms in total. The second-order valence-electron chi connectivity index (χ2n) is 8.23. The summed E-state index contributed by atoms with van der Waals surface area (Å²) >= 11 is 0. The van der Waals surface area contributed by atoms with Gasteiger partial charge in [-0.1, -0.05) is 0 Å². The molecule has 2 aromatic heterocycles. The summed E-state index contributed by atoms with van der Waals surface area (Å²) in [7, 11) is -3.89. The number of ether oxygens (including phenoxy) is 1. The van der Waals surface area contributed by atoms with Gasteiger partial charge < -0.3 is 25.8 Å². The van der Waals surface area contributed by atoms with Crippen molar-refractivity contribution < 1.29 is 32.0 Å². The highest BCUT2D eigenvalue weighted by molar-refractivity contribution is 7.90. The van der Waals surface area contributed by atoms with Crippen LogP contribution in [0.5, 0.6) is 5.75 Å². The lowest BCUT2D eigenvalue weighted by Crippen LogP contribution is -2.28. The van der Waals surface area contributed by atoms with E-state index < -0.39 is 34.0 Å². The molecule has 1 aliphatic rings. The molecule has 1 saturated carbocycles. The molecule has 0 bridgehead atoms. The van der Waals surface area contributed by atoms with Crippen LogP contribution in [-0.4, -0.2) is 66.0 Å². The molecule has 0 spiro atoms. The molecule has 1 aliphatic carbocycles. The fourth-order valence-electron chi connectivity index (χ4n) is 2.62. The summed E-state index contributed by atoms with van der Waals surface area (Å²) in [5.41, 5.74) is -1.81. The minimum Gasteiger partial charge on any atom is -0.489 e. The first-order valence-electron chi connectivity index (χ1n) is 11.4. The Balaban J connectivity index is 2.00. The number of carbonyl (C=O) groups is 2. The van der Waals surface area contributed by atoms with Gasteiger partial charge in [-0.15, -0.1) is 10.2 Å². The van der Waals surface area contributed by atoms with Crippen molar-refractivity contribution in [1.29, 1.82) is 0 Å². The van der Waals surface area contributed by atoms with Crippen molar-refractivity contribution in [2.45, 2.75) is 37.2 Å². The van der Waals surface area contributed by atoms with Crippen LogP contribution in [0.4, 0.5) is 17.3 Å². The van der Waals surface area contributed by atoms with Crippen LogP contribution in [0.15, 0.2) is 23.2 Å². The summed E-state index contributed by atoms with van der Waals surface area (Å²) in [4.78, 5) is 28.4. The van der Waals surface area contributed by atoms with Gasteiger partial charge in [-0.2, -0.15) is 0 Å². The van der Waals surface area contributed by atoms with Crippen LogP contribution in [0.2, 0.25) is 0 Å². The van der Waals surface area contributed by atoms with Gasteiger partial charge in [-0.25, -0.2) is 13.4 Å². The van der Waals surface area contributed by atoms with Crippen molar-refractivity contribution in [3.05, 3.63) is 24.0 Å². The maximum Gasteiger partial charge on any atom is 0.273 e. The highest BCUT2D eigenvalue weighted by Crippen LogP contribution is 2.31. The number of nitrogens with one attached hydrogen (secondary N) is 3. The monoisotopic (exact) mass is 481 g/mol. The zero-order chi connectivity index (χ0) is 26.9. The van der Waals surface area contributed by atoms with E-state index in [1.54, 1.807) is 5.32 Å². The van der Waals surface area contributed by atoms with Crippen molar-refractivity contribution in [1.82, 2.24) is 20.5 Å². The number of rotatable bonds is 9. The summed E-state index contributed by atoms with van der Waals surface area (Å²) < 4.78 is 52.2. The van der Waals surface area contributed by atoms with Gasteiger partial charge in [0.25, 0.3) is 5.91 Å². The van der Waals surface area contributed by atoms with Crippen LogP contribution in [0.1, 0.15) is 41.3 Å². The number of hydrogen-bond acceptors (Lipinski definition) is 10. The second-order valence-corrected chi connectivity index (χ2v) is 10.2. The van der Waals surface area contributed by atoms with Gasteiger partial charge in [0.15, 0.2) is 21.3 Å². The maximum atomic E-state index is 12.6. The molecule has 0 atom stereocenters. The highest BCUT2D eigenvalue weighted by atomic mass is 32.2. The highest BCUT2D eigenvalue weighted by Gasteiger charge is 2.30. The largest absolute Gasteiger partial charge is 0.489 e. The molecule has 0 unspecified atom stereocenters. The SMILES string of the molecule is [2H]C([2H])([2H])NC(=O)c1nnc(NC(=O)C2CC2)cc1Nc1ncc(OCC(C)(C)O)cc1S(C)(=O)=O. The van der Waals surface area contributed by atoms with E-state index in [-0.39, 0.29) is 46.4 Å². The van der Waals surface area contributed by atoms with Crippen LogP contribution in [0.3, 0.4) is 0 Å². The van der Waals surface area contributed by atoms with Gasteiger partial charge >= 0.3 is 0 Å². The molecule has 0 radical (unpaired) electrons. The van der Waals surface area contributed by atoms with Crippen LogP contribution < -0.4 is 20.7 Å². The Labute approximate surface area is 195 Å². The minimum atomic E-state index is -3.89. The number of anilines is 3. The molecule has 33 heavy (non-hydrogen) atoms. The van der Waals surface area contributed by atoms with Gasteiger partial charge in [0.1, 0.15) is 23.1 Å². The van der Waals surface area contributed by atoms with E-state index in [1.807, 2.05) is 0 Å². The molecule has 178 valence electrons. The van der Waals surface area contributed by atoms with E-state index in [4.69, 9.17) is 8.85 Å². The zero-order valence-corrected chi connectivity index (χ0v) is 19.0. The molecule has 3 rings (SSSR count). The Morgan fingerprint density at radius 3 is 2.64 bits per heavy atom. The number of sulfone groups is 1. The number of amides is 2. The standard InChI is InChI=1S/C20H26N6O6S/c1-20(2,29)10-32-12-7-14(33(4,30)31)17(22-9-12)23-13-8-15(24-18(27)11-5-6-11)25-26-16(13)19(28)21-3/h7-9,11,29H,5-6,10H2,1-4H3,(H,21,28)(H2,22,23,24,25,27)/i3D3. The lowest BCUT2D eigenvalue weighted by Gasteiger charge is -2.18. The third-order valence-electron chi connectivity index (χ3n) is 4.39. The zero-order valence-electron chi connectivity index (χ0n) is 21.2. The summed E-state index contributed by atoms with van der Waals surface area (Å²) in [5.74, 6) is -1.76. The Morgan fingerprint density at radius 1 is 1.30 bits per heavy atom. The molecule has 0 aromatic carbocycles. The van der Waals surface area contributed by atoms with E-state index in [0.29, 0.717) is 0 Å². The Bertz CT molecular complexity index is 1280. The molecule has 4 N–H and O–H groups in total. The first-order chi connectivity index (χ1) is 16.5. The van der Waals surface area contributed by atoms with Gasteiger partial charge in [-0.05, 0) is 26.7 Å². The van der Waals surface area contributed by atoms with Crippen molar-refractivity contribution in [2.75, 3.05) is 30.5 Å².